The normalized spacial score (nSPS) is 13.0. The lowest BCUT2D eigenvalue weighted by Crippen LogP contribution is -1.75. The van der Waals surface area contributed by atoms with Gasteiger partial charge in [-0.15, -0.1) is 0 Å². The van der Waals surface area contributed by atoms with Crippen molar-refractivity contribution in [2.45, 2.75) is 33.6 Å². The van der Waals surface area contributed by atoms with Crippen molar-refractivity contribution in [1.29, 1.82) is 0 Å². The Morgan fingerprint density at radius 3 is 2.33 bits per heavy atom. The Bertz CT molecular complexity index is 107. The molecule has 0 aliphatic heterocycles. The fraction of sp³-hybridized carbons (Fsp3) is 0.556. The van der Waals surface area contributed by atoms with Gasteiger partial charge >= 0.3 is 0 Å². The zero-order valence-corrected chi connectivity index (χ0v) is 6.65. The molecule has 0 spiro atoms. The predicted molar refractivity (Wildman–Crippen MR) is 43.5 cm³/mol. The summed E-state index contributed by atoms with van der Waals surface area (Å²) in [6.07, 6.45) is 8.79. The molecule has 9 heavy (non-hydrogen) atoms. The van der Waals surface area contributed by atoms with E-state index in [4.69, 9.17) is 0 Å². The third kappa shape index (κ3) is 4.01. The molecule has 0 rings (SSSR count). The van der Waals surface area contributed by atoms with Gasteiger partial charge in [0, 0.05) is 0 Å². The SMILES string of the molecule is CC=CC/C(=C\C)CC. The highest BCUT2D eigenvalue weighted by atomic mass is 13.9. The standard InChI is InChI=1S/C9H16/c1-4-7-8-9(5-2)6-3/h4-5,7H,6,8H2,1-3H3/b7-4?,9-5-. The van der Waals surface area contributed by atoms with Crippen molar-refractivity contribution in [1.82, 2.24) is 0 Å². The van der Waals surface area contributed by atoms with E-state index in [9.17, 15) is 0 Å². The Hall–Kier alpha value is -0.520. The summed E-state index contributed by atoms with van der Waals surface area (Å²) in [6, 6.07) is 0. The molecule has 0 unspecified atom stereocenters. The fourth-order valence-electron chi connectivity index (χ4n) is 0.736. The van der Waals surface area contributed by atoms with Crippen molar-refractivity contribution in [2.24, 2.45) is 0 Å². The summed E-state index contributed by atoms with van der Waals surface area (Å²) in [4.78, 5) is 0. The molecule has 0 aromatic rings. The van der Waals surface area contributed by atoms with Crippen molar-refractivity contribution in [2.75, 3.05) is 0 Å². The lowest BCUT2D eigenvalue weighted by Gasteiger charge is -1.95. The van der Waals surface area contributed by atoms with E-state index in [1.54, 1.807) is 0 Å². The highest BCUT2D eigenvalue weighted by Gasteiger charge is 1.85. The molecule has 0 bridgehead atoms. The maximum atomic E-state index is 2.19. The van der Waals surface area contributed by atoms with Gasteiger partial charge in [-0.1, -0.05) is 30.7 Å². The van der Waals surface area contributed by atoms with E-state index in [-0.39, 0.29) is 0 Å². The van der Waals surface area contributed by atoms with Crippen LogP contribution < -0.4 is 0 Å². The smallest absolute Gasteiger partial charge is 0.0139 e. The van der Waals surface area contributed by atoms with Crippen molar-refractivity contribution in [3.8, 4) is 0 Å². The first-order valence-electron chi connectivity index (χ1n) is 3.60. The Balaban J connectivity index is 3.58. The molecule has 0 heterocycles. The third-order valence-corrected chi connectivity index (χ3v) is 1.48. The summed E-state index contributed by atoms with van der Waals surface area (Å²) in [5, 5.41) is 0. The number of hydrogen-bond donors (Lipinski definition) is 0. The molecule has 0 heteroatoms. The summed E-state index contributed by atoms with van der Waals surface area (Å²) < 4.78 is 0. The van der Waals surface area contributed by atoms with Gasteiger partial charge < -0.3 is 0 Å². The minimum Gasteiger partial charge on any atom is -0.0913 e. The number of hydrogen-bond acceptors (Lipinski definition) is 0. The van der Waals surface area contributed by atoms with Crippen LogP contribution in [0.25, 0.3) is 0 Å². The molecular formula is C9H16. The first-order valence-corrected chi connectivity index (χ1v) is 3.60. The topological polar surface area (TPSA) is 0 Å². The van der Waals surface area contributed by atoms with Crippen LogP contribution >= 0.6 is 0 Å². The quantitative estimate of drug-likeness (QED) is 0.506. The fourth-order valence-corrected chi connectivity index (χ4v) is 0.736. The zero-order chi connectivity index (χ0) is 7.11. The Morgan fingerprint density at radius 1 is 1.33 bits per heavy atom. The van der Waals surface area contributed by atoms with Gasteiger partial charge in [-0.3, -0.25) is 0 Å². The van der Waals surface area contributed by atoms with E-state index in [2.05, 4.69) is 39.0 Å². The van der Waals surface area contributed by atoms with E-state index in [1.807, 2.05) is 0 Å². The van der Waals surface area contributed by atoms with Crippen LogP contribution in [0.15, 0.2) is 23.8 Å². The molecule has 0 atom stereocenters. The molecular weight excluding hydrogens is 108 g/mol. The van der Waals surface area contributed by atoms with Gasteiger partial charge in [0.2, 0.25) is 0 Å². The molecule has 0 aliphatic rings. The zero-order valence-electron chi connectivity index (χ0n) is 6.65. The second-order valence-corrected chi connectivity index (χ2v) is 2.07. The lowest BCUT2D eigenvalue weighted by molar-refractivity contribution is 1.02. The molecule has 52 valence electrons. The largest absolute Gasteiger partial charge is 0.0913 e. The molecule has 0 N–H and O–H groups in total. The average Bonchev–Trinajstić information content (AvgIpc) is 1.91. The van der Waals surface area contributed by atoms with Crippen LogP contribution in [0, 0.1) is 0 Å². The summed E-state index contributed by atoms with van der Waals surface area (Å²) in [6.45, 7) is 6.35. The van der Waals surface area contributed by atoms with Crippen LogP contribution in [0.3, 0.4) is 0 Å². The third-order valence-electron chi connectivity index (χ3n) is 1.48. The van der Waals surface area contributed by atoms with Gasteiger partial charge in [0.1, 0.15) is 0 Å². The highest BCUT2D eigenvalue weighted by Crippen LogP contribution is 2.05. The minimum atomic E-state index is 1.13. The molecule has 0 saturated heterocycles. The van der Waals surface area contributed by atoms with E-state index in [1.165, 1.54) is 12.0 Å². The van der Waals surface area contributed by atoms with Crippen LogP contribution in [0.2, 0.25) is 0 Å². The molecule has 0 amide bonds. The second-order valence-electron chi connectivity index (χ2n) is 2.07. The second kappa shape index (κ2) is 5.61. The van der Waals surface area contributed by atoms with Crippen LogP contribution in [0.4, 0.5) is 0 Å². The Labute approximate surface area is 58.3 Å². The summed E-state index contributed by atoms with van der Waals surface area (Å²) in [5.74, 6) is 0. The average molecular weight is 124 g/mol. The van der Waals surface area contributed by atoms with E-state index in [0.29, 0.717) is 0 Å². The predicted octanol–water partition coefficient (Wildman–Crippen LogP) is 3.31. The van der Waals surface area contributed by atoms with Crippen LogP contribution in [0.5, 0.6) is 0 Å². The van der Waals surface area contributed by atoms with Crippen molar-refractivity contribution >= 4 is 0 Å². The van der Waals surface area contributed by atoms with E-state index >= 15 is 0 Å². The van der Waals surface area contributed by atoms with Gasteiger partial charge in [-0.05, 0) is 26.7 Å². The highest BCUT2D eigenvalue weighted by molar-refractivity contribution is 5.04. The maximum absolute atomic E-state index is 2.19. The lowest BCUT2D eigenvalue weighted by atomic mass is 10.1. The Kier molecular flexibility index (Phi) is 5.29. The van der Waals surface area contributed by atoms with Gasteiger partial charge in [-0.25, -0.2) is 0 Å². The minimum absolute atomic E-state index is 1.13. The molecule has 0 nitrogen and oxygen atoms in total. The van der Waals surface area contributed by atoms with E-state index < -0.39 is 0 Å². The van der Waals surface area contributed by atoms with Gasteiger partial charge in [0.25, 0.3) is 0 Å². The molecule has 0 fully saturated rings. The maximum Gasteiger partial charge on any atom is -0.0139 e. The van der Waals surface area contributed by atoms with Crippen molar-refractivity contribution in [3.63, 3.8) is 0 Å². The van der Waals surface area contributed by atoms with Crippen molar-refractivity contribution < 1.29 is 0 Å². The molecule has 0 aliphatic carbocycles. The molecule has 0 saturated carbocycles. The van der Waals surface area contributed by atoms with Crippen LogP contribution in [0.1, 0.15) is 33.6 Å². The number of allylic oxidation sites excluding steroid dienone is 4. The van der Waals surface area contributed by atoms with E-state index in [0.717, 1.165) is 6.42 Å². The van der Waals surface area contributed by atoms with Crippen LogP contribution in [-0.2, 0) is 0 Å². The molecule has 0 aromatic heterocycles. The van der Waals surface area contributed by atoms with Gasteiger partial charge in [0.05, 0.1) is 0 Å². The molecule has 0 radical (unpaired) electrons. The summed E-state index contributed by atoms with van der Waals surface area (Å²) >= 11 is 0. The summed E-state index contributed by atoms with van der Waals surface area (Å²) in [5.41, 5.74) is 1.52. The van der Waals surface area contributed by atoms with Gasteiger partial charge in [0.15, 0.2) is 0 Å². The first-order chi connectivity index (χ1) is 4.35. The van der Waals surface area contributed by atoms with Gasteiger partial charge in [-0.2, -0.15) is 0 Å². The molecule has 0 aromatic carbocycles. The number of rotatable bonds is 3. The summed E-state index contributed by atoms with van der Waals surface area (Å²) in [7, 11) is 0. The van der Waals surface area contributed by atoms with Crippen molar-refractivity contribution in [3.05, 3.63) is 23.8 Å². The monoisotopic (exact) mass is 124 g/mol. The Morgan fingerprint density at radius 2 is 2.00 bits per heavy atom. The van der Waals surface area contributed by atoms with Crippen LogP contribution in [-0.4, -0.2) is 0 Å². The first kappa shape index (κ1) is 8.48.